The summed E-state index contributed by atoms with van der Waals surface area (Å²) < 4.78 is 5.28. The maximum atomic E-state index is 5.98. The van der Waals surface area contributed by atoms with E-state index in [9.17, 15) is 0 Å². The molecule has 0 saturated heterocycles. The van der Waals surface area contributed by atoms with Crippen molar-refractivity contribution in [3.63, 3.8) is 0 Å². The van der Waals surface area contributed by atoms with Crippen LogP contribution in [0.15, 0.2) is 6.07 Å². The lowest BCUT2D eigenvalue weighted by Gasteiger charge is -2.15. The van der Waals surface area contributed by atoms with Gasteiger partial charge in [-0.25, -0.2) is 0 Å². The van der Waals surface area contributed by atoms with Gasteiger partial charge in [-0.3, -0.25) is 0 Å². The second kappa shape index (κ2) is 4.22. The van der Waals surface area contributed by atoms with Crippen molar-refractivity contribution in [3.05, 3.63) is 17.2 Å². The molecule has 0 amide bonds. The Balaban J connectivity index is 3.39. The standard InChI is InChI=1S/C11H18N2O/c1-4-7-6-9(12)8(5-2)10(13)11(7)14-3/h6H,4-5,12-13H2,1-3H3. The third-order valence-electron chi connectivity index (χ3n) is 2.48. The number of methoxy groups -OCH3 is 1. The summed E-state index contributed by atoms with van der Waals surface area (Å²) in [5.41, 5.74) is 15.4. The molecule has 0 aromatic heterocycles. The molecule has 0 bridgehead atoms. The zero-order valence-corrected chi connectivity index (χ0v) is 9.05. The highest BCUT2D eigenvalue weighted by Gasteiger charge is 2.12. The predicted octanol–water partition coefficient (Wildman–Crippen LogP) is 1.98. The fourth-order valence-electron chi connectivity index (χ4n) is 1.70. The van der Waals surface area contributed by atoms with Gasteiger partial charge in [0, 0.05) is 11.3 Å². The molecule has 1 aromatic carbocycles. The molecule has 0 saturated carbocycles. The van der Waals surface area contributed by atoms with Crippen LogP contribution >= 0.6 is 0 Å². The summed E-state index contributed by atoms with van der Waals surface area (Å²) in [5, 5.41) is 0. The minimum atomic E-state index is 0.687. The van der Waals surface area contributed by atoms with Gasteiger partial charge in [-0.2, -0.15) is 0 Å². The van der Waals surface area contributed by atoms with Crippen LogP contribution in [0.25, 0.3) is 0 Å². The minimum Gasteiger partial charge on any atom is -0.494 e. The fraction of sp³-hybridized carbons (Fsp3) is 0.455. The molecule has 0 aliphatic heterocycles. The molecule has 1 aromatic rings. The third kappa shape index (κ3) is 1.62. The van der Waals surface area contributed by atoms with Crippen molar-refractivity contribution in [3.8, 4) is 5.75 Å². The van der Waals surface area contributed by atoms with Crippen molar-refractivity contribution < 1.29 is 4.74 Å². The van der Waals surface area contributed by atoms with Crippen LogP contribution < -0.4 is 16.2 Å². The maximum Gasteiger partial charge on any atom is 0.145 e. The number of hydrogen-bond acceptors (Lipinski definition) is 3. The summed E-state index contributed by atoms with van der Waals surface area (Å²) in [4.78, 5) is 0. The average molecular weight is 194 g/mol. The Hall–Kier alpha value is -1.38. The highest BCUT2D eigenvalue weighted by molar-refractivity contribution is 5.71. The second-order valence-electron chi connectivity index (χ2n) is 3.26. The first-order chi connectivity index (χ1) is 6.65. The van der Waals surface area contributed by atoms with Gasteiger partial charge in [0.1, 0.15) is 5.75 Å². The molecule has 4 N–H and O–H groups in total. The maximum absolute atomic E-state index is 5.98. The van der Waals surface area contributed by atoms with E-state index in [4.69, 9.17) is 16.2 Å². The number of ether oxygens (including phenoxy) is 1. The Morgan fingerprint density at radius 1 is 1.21 bits per heavy atom. The molecule has 1 rings (SSSR count). The number of hydrogen-bond donors (Lipinski definition) is 2. The molecule has 0 fully saturated rings. The number of benzene rings is 1. The van der Waals surface area contributed by atoms with E-state index in [1.165, 1.54) is 0 Å². The summed E-state index contributed by atoms with van der Waals surface area (Å²) in [6.45, 7) is 4.09. The van der Waals surface area contributed by atoms with Gasteiger partial charge in [-0.15, -0.1) is 0 Å². The van der Waals surface area contributed by atoms with E-state index in [1.54, 1.807) is 7.11 Å². The normalized spacial score (nSPS) is 10.2. The van der Waals surface area contributed by atoms with Crippen molar-refractivity contribution in [1.82, 2.24) is 0 Å². The van der Waals surface area contributed by atoms with Gasteiger partial charge in [-0.1, -0.05) is 13.8 Å². The molecule has 14 heavy (non-hydrogen) atoms. The van der Waals surface area contributed by atoms with Gasteiger partial charge in [0.25, 0.3) is 0 Å². The number of nitrogens with two attached hydrogens (primary N) is 2. The van der Waals surface area contributed by atoms with Gasteiger partial charge in [0.05, 0.1) is 12.8 Å². The molecule has 3 heteroatoms. The number of aryl methyl sites for hydroxylation is 1. The van der Waals surface area contributed by atoms with Gasteiger partial charge < -0.3 is 16.2 Å². The lowest BCUT2D eigenvalue weighted by molar-refractivity contribution is 0.412. The summed E-state index contributed by atoms with van der Waals surface area (Å²) in [6, 6.07) is 1.95. The molecule has 0 heterocycles. The van der Waals surface area contributed by atoms with Crippen LogP contribution in [0.3, 0.4) is 0 Å². The third-order valence-corrected chi connectivity index (χ3v) is 2.48. The molecule has 0 unspecified atom stereocenters. The second-order valence-corrected chi connectivity index (χ2v) is 3.26. The first-order valence-electron chi connectivity index (χ1n) is 4.89. The van der Waals surface area contributed by atoms with Crippen molar-refractivity contribution in [2.24, 2.45) is 0 Å². The molecular formula is C11H18N2O. The van der Waals surface area contributed by atoms with E-state index in [0.29, 0.717) is 5.69 Å². The lowest BCUT2D eigenvalue weighted by atomic mass is 10.0. The molecule has 0 atom stereocenters. The number of anilines is 2. The van der Waals surface area contributed by atoms with Gasteiger partial charge in [-0.05, 0) is 24.5 Å². The van der Waals surface area contributed by atoms with E-state index in [1.807, 2.05) is 13.0 Å². The summed E-state index contributed by atoms with van der Waals surface area (Å²) in [6.07, 6.45) is 1.71. The Morgan fingerprint density at radius 2 is 1.86 bits per heavy atom. The van der Waals surface area contributed by atoms with E-state index in [0.717, 1.165) is 35.4 Å². The highest BCUT2D eigenvalue weighted by Crippen LogP contribution is 2.34. The van der Waals surface area contributed by atoms with Crippen molar-refractivity contribution in [2.45, 2.75) is 26.7 Å². The predicted molar refractivity (Wildman–Crippen MR) is 60.6 cm³/mol. The number of rotatable bonds is 3. The number of nitrogen functional groups attached to an aromatic ring is 2. The zero-order valence-electron chi connectivity index (χ0n) is 9.05. The smallest absolute Gasteiger partial charge is 0.145 e. The van der Waals surface area contributed by atoms with Crippen LogP contribution in [-0.2, 0) is 12.8 Å². The Morgan fingerprint density at radius 3 is 2.29 bits per heavy atom. The van der Waals surface area contributed by atoms with Gasteiger partial charge in [0.2, 0.25) is 0 Å². The Kier molecular flexibility index (Phi) is 3.23. The van der Waals surface area contributed by atoms with E-state index < -0.39 is 0 Å². The molecule has 0 aliphatic carbocycles. The molecule has 0 aliphatic rings. The fourth-order valence-corrected chi connectivity index (χ4v) is 1.70. The highest BCUT2D eigenvalue weighted by atomic mass is 16.5. The van der Waals surface area contributed by atoms with Crippen molar-refractivity contribution in [2.75, 3.05) is 18.6 Å². The molecular weight excluding hydrogens is 176 g/mol. The lowest BCUT2D eigenvalue weighted by Crippen LogP contribution is -2.04. The largest absolute Gasteiger partial charge is 0.494 e. The zero-order chi connectivity index (χ0) is 10.7. The SMILES string of the molecule is CCc1cc(N)c(CC)c(N)c1OC. The van der Waals surface area contributed by atoms with Crippen LogP contribution in [0.5, 0.6) is 5.75 Å². The Bertz CT molecular complexity index is 335. The Labute approximate surface area is 85.0 Å². The average Bonchev–Trinajstić information content (AvgIpc) is 2.17. The molecule has 3 nitrogen and oxygen atoms in total. The molecule has 0 spiro atoms. The van der Waals surface area contributed by atoms with Crippen LogP contribution in [0.1, 0.15) is 25.0 Å². The van der Waals surface area contributed by atoms with E-state index in [-0.39, 0.29) is 0 Å². The minimum absolute atomic E-state index is 0.687. The topological polar surface area (TPSA) is 61.3 Å². The monoisotopic (exact) mass is 194 g/mol. The summed E-state index contributed by atoms with van der Waals surface area (Å²) in [5.74, 6) is 0.776. The quantitative estimate of drug-likeness (QED) is 0.723. The molecule has 78 valence electrons. The molecule has 0 radical (unpaired) electrons. The van der Waals surface area contributed by atoms with Gasteiger partial charge >= 0.3 is 0 Å². The summed E-state index contributed by atoms with van der Waals surface area (Å²) >= 11 is 0. The van der Waals surface area contributed by atoms with Crippen molar-refractivity contribution >= 4 is 11.4 Å². The van der Waals surface area contributed by atoms with Crippen LogP contribution in [-0.4, -0.2) is 7.11 Å². The van der Waals surface area contributed by atoms with Crippen LogP contribution in [0.2, 0.25) is 0 Å². The first-order valence-corrected chi connectivity index (χ1v) is 4.89. The first kappa shape index (κ1) is 10.7. The van der Waals surface area contributed by atoms with Crippen LogP contribution in [0, 0.1) is 0 Å². The van der Waals surface area contributed by atoms with E-state index in [2.05, 4.69) is 6.92 Å². The van der Waals surface area contributed by atoms with E-state index >= 15 is 0 Å². The van der Waals surface area contributed by atoms with Gasteiger partial charge in [0.15, 0.2) is 0 Å². The van der Waals surface area contributed by atoms with Crippen LogP contribution in [0.4, 0.5) is 11.4 Å². The summed E-state index contributed by atoms with van der Waals surface area (Å²) in [7, 11) is 1.64. The van der Waals surface area contributed by atoms with Crippen molar-refractivity contribution in [1.29, 1.82) is 0 Å².